The first kappa shape index (κ1) is 15.0. The van der Waals surface area contributed by atoms with Gasteiger partial charge in [0.15, 0.2) is 11.3 Å². The van der Waals surface area contributed by atoms with Crippen LogP contribution in [0.3, 0.4) is 0 Å². The molecule has 112 valence electrons. The Balaban J connectivity index is 2.27. The van der Waals surface area contributed by atoms with Crippen molar-refractivity contribution >= 4 is 44.5 Å². The lowest BCUT2D eigenvalue weighted by Crippen LogP contribution is -2.04. The highest BCUT2D eigenvalue weighted by Gasteiger charge is 2.19. The van der Waals surface area contributed by atoms with E-state index in [1.54, 1.807) is 23.0 Å². The standard InChI is InChI=1S/C15H11BrClN3O2/c1-22-15(21)13-12-3-2-4-18-14(12)20(19-13)11-6-9(8-17)5-10(16)7-11/h2-7H,8H2,1H3. The van der Waals surface area contributed by atoms with E-state index in [4.69, 9.17) is 16.3 Å². The Hall–Kier alpha value is -1.92. The van der Waals surface area contributed by atoms with E-state index in [-0.39, 0.29) is 5.69 Å². The van der Waals surface area contributed by atoms with Crippen LogP contribution in [0.5, 0.6) is 0 Å². The van der Waals surface area contributed by atoms with Crippen LogP contribution in [0.1, 0.15) is 16.1 Å². The summed E-state index contributed by atoms with van der Waals surface area (Å²) in [6, 6.07) is 9.26. The van der Waals surface area contributed by atoms with Crippen molar-refractivity contribution < 1.29 is 9.53 Å². The molecule has 1 aromatic carbocycles. The largest absolute Gasteiger partial charge is 0.464 e. The lowest BCUT2D eigenvalue weighted by molar-refractivity contribution is 0.0595. The zero-order valence-corrected chi connectivity index (χ0v) is 13.9. The Labute approximate surface area is 140 Å². The van der Waals surface area contributed by atoms with Crippen LogP contribution in [-0.4, -0.2) is 27.8 Å². The van der Waals surface area contributed by atoms with Crippen LogP contribution < -0.4 is 0 Å². The van der Waals surface area contributed by atoms with Gasteiger partial charge in [-0.1, -0.05) is 15.9 Å². The van der Waals surface area contributed by atoms with Gasteiger partial charge in [0.2, 0.25) is 0 Å². The number of benzene rings is 1. The molecule has 5 nitrogen and oxygen atoms in total. The lowest BCUT2D eigenvalue weighted by atomic mass is 10.2. The van der Waals surface area contributed by atoms with E-state index in [0.717, 1.165) is 15.7 Å². The number of carbonyl (C=O) groups is 1. The predicted octanol–water partition coefficient (Wildman–Crippen LogP) is 3.71. The van der Waals surface area contributed by atoms with Crippen molar-refractivity contribution in [3.63, 3.8) is 0 Å². The van der Waals surface area contributed by atoms with E-state index in [1.807, 2.05) is 18.2 Å². The average molecular weight is 381 g/mol. The van der Waals surface area contributed by atoms with Gasteiger partial charge in [0.25, 0.3) is 0 Å². The van der Waals surface area contributed by atoms with Crippen molar-refractivity contribution in [3.05, 3.63) is 52.3 Å². The molecule has 2 aromatic heterocycles. The van der Waals surface area contributed by atoms with Crippen LogP contribution in [0, 0.1) is 0 Å². The molecule has 0 aliphatic rings. The van der Waals surface area contributed by atoms with Crippen LogP contribution in [-0.2, 0) is 10.6 Å². The molecule has 0 saturated carbocycles. The van der Waals surface area contributed by atoms with E-state index in [0.29, 0.717) is 16.9 Å². The summed E-state index contributed by atoms with van der Waals surface area (Å²) in [6.45, 7) is 0. The molecule has 0 aliphatic carbocycles. The van der Waals surface area contributed by atoms with Gasteiger partial charge in [-0.15, -0.1) is 11.6 Å². The maximum Gasteiger partial charge on any atom is 0.359 e. The molecule has 0 radical (unpaired) electrons. The Morgan fingerprint density at radius 3 is 2.95 bits per heavy atom. The van der Waals surface area contributed by atoms with Crippen LogP contribution in [0.15, 0.2) is 41.0 Å². The highest BCUT2D eigenvalue weighted by Crippen LogP contribution is 2.24. The lowest BCUT2D eigenvalue weighted by Gasteiger charge is -2.06. The van der Waals surface area contributed by atoms with Crippen molar-refractivity contribution in [2.24, 2.45) is 0 Å². The molecule has 3 rings (SSSR count). The number of methoxy groups -OCH3 is 1. The molecule has 0 atom stereocenters. The molecule has 0 fully saturated rings. The molecular weight excluding hydrogens is 370 g/mol. The molecule has 0 unspecified atom stereocenters. The number of rotatable bonds is 3. The average Bonchev–Trinajstić information content (AvgIpc) is 2.93. The van der Waals surface area contributed by atoms with Crippen LogP contribution >= 0.6 is 27.5 Å². The fourth-order valence-electron chi connectivity index (χ4n) is 2.21. The number of aromatic nitrogens is 3. The fraction of sp³-hybridized carbons (Fsp3) is 0.133. The molecule has 7 heteroatoms. The van der Waals surface area contributed by atoms with Crippen molar-refractivity contribution in [2.45, 2.75) is 5.88 Å². The van der Waals surface area contributed by atoms with Crippen molar-refractivity contribution in [1.29, 1.82) is 0 Å². The predicted molar refractivity (Wildman–Crippen MR) is 87.5 cm³/mol. The molecule has 0 aliphatic heterocycles. The van der Waals surface area contributed by atoms with E-state index >= 15 is 0 Å². The van der Waals surface area contributed by atoms with Crippen LogP contribution in [0.4, 0.5) is 0 Å². The smallest absolute Gasteiger partial charge is 0.359 e. The third-order valence-corrected chi connectivity index (χ3v) is 3.93. The molecule has 0 N–H and O–H groups in total. The second-order valence-electron chi connectivity index (χ2n) is 4.58. The minimum absolute atomic E-state index is 0.234. The van der Waals surface area contributed by atoms with Gasteiger partial charge in [0, 0.05) is 16.5 Å². The normalized spacial score (nSPS) is 10.9. The van der Waals surface area contributed by atoms with Gasteiger partial charge in [0.1, 0.15) is 0 Å². The monoisotopic (exact) mass is 379 g/mol. The summed E-state index contributed by atoms with van der Waals surface area (Å²) in [5, 5.41) is 5.00. The Morgan fingerprint density at radius 2 is 2.23 bits per heavy atom. The molecule has 0 spiro atoms. The van der Waals surface area contributed by atoms with Crippen molar-refractivity contribution in [1.82, 2.24) is 14.8 Å². The number of halogens is 2. The first-order valence-corrected chi connectivity index (χ1v) is 7.74. The highest BCUT2D eigenvalue weighted by atomic mass is 79.9. The number of pyridine rings is 1. The van der Waals surface area contributed by atoms with Gasteiger partial charge in [-0.2, -0.15) is 5.10 Å². The minimum atomic E-state index is -0.496. The van der Waals surface area contributed by atoms with Gasteiger partial charge in [-0.3, -0.25) is 0 Å². The Morgan fingerprint density at radius 1 is 1.41 bits per heavy atom. The first-order valence-electron chi connectivity index (χ1n) is 6.42. The van der Waals surface area contributed by atoms with Crippen molar-refractivity contribution in [3.8, 4) is 5.69 Å². The number of fused-ring (bicyclic) bond motifs is 1. The maximum absolute atomic E-state index is 11.9. The summed E-state index contributed by atoms with van der Waals surface area (Å²) in [6.07, 6.45) is 1.65. The molecular formula is C15H11BrClN3O2. The molecule has 2 heterocycles. The Bertz CT molecular complexity index is 863. The molecule has 0 amide bonds. The topological polar surface area (TPSA) is 57.0 Å². The number of hydrogen-bond acceptors (Lipinski definition) is 4. The molecule has 0 bridgehead atoms. The summed E-state index contributed by atoms with van der Waals surface area (Å²) < 4.78 is 7.28. The van der Waals surface area contributed by atoms with E-state index in [9.17, 15) is 4.79 Å². The highest BCUT2D eigenvalue weighted by molar-refractivity contribution is 9.10. The van der Waals surface area contributed by atoms with E-state index in [2.05, 4.69) is 26.0 Å². The summed E-state index contributed by atoms with van der Waals surface area (Å²) in [7, 11) is 1.33. The summed E-state index contributed by atoms with van der Waals surface area (Å²) in [5.74, 6) is -0.118. The number of esters is 1. The SMILES string of the molecule is COC(=O)c1nn(-c2cc(Br)cc(CCl)c2)c2ncccc12. The van der Waals surface area contributed by atoms with Gasteiger partial charge in [0.05, 0.1) is 18.2 Å². The zero-order valence-electron chi connectivity index (χ0n) is 11.6. The molecule has 0 saturated heterocycles. The first-order chi connectivity index (χ1) is 10.6. The summed E-state index contributed by atoms with van der Waals surface area (Å²) in [4.78, 5) is 16.2. The second-order valence-corrected chi connectivity index (χ2v) is 5.76. The van der Waals surface area contributed by atoms with E-state index < -0.39 is 5.97 Å². The molecule has 22 heavy (non-hydrogen) atoms. The minimum Gasteiger partial charge on any atom is -0.464 e. The number of alkyl halides is 1. The zero-order chi connectivity index (χ0) is 15.7. The summed E-state index contributed by atoms with van der Waals surface area (Å²) >= 11 is 9.37. The van der Waals surface area contributed by atoms with E-state index in [1.165, 1.54) is 7.11 Å². The summed E-state index contributed by atoms with van der Waals surface area (Å²) in [5.41, 5.74) is 2.52. The maximum atomic E-state index is 11.9. The second kappa shape index (κ2) is 6.06. The number of carbonyl (C=O) groups excluding carboxylic acids is 1. The van der Waals surface area contributed by atoms with Gasteiger partial charge >= 0.3 is 5.97 Å². The number of nitrogens with zero attached hydrogens (tertiary/aromatic N) is 3. The fourth-order valence-corrected chi connectivity index (χ4v) is 2.89. The van der Waals surface area contributed by atoms with Gasteiger partial charge in [-0.25, -0.2) is 14.5 Å². The molecule has 3 aromatic rings. The Kier molecular flexibility index (Phi) is 4.13. The van der Waals surface area contributed by atoms with Gasteiger partial charge in [-0.05, 0) is 35.9 Å². The quantitative estimate of drug-likeness (QED) is 0.513. The van der Waals surface area contributed by atoms with Gasteiger partial charge < -0.3 is 4.74 Å². The third-order valence-electron chi connectivity index (χ3n) is 3.16. The van der Waals surface area contributed by atoms with Crippen molar-refractivity contribution in [2.75, 3.05) is 7.11 Å². The third kappa shape index (κ3) is 2.60. The number of ether oxygens (including phenoxy) is 1. The van der Waals surface area contributed by atoms with Crippen LogP contribution in [0.2, 0.25) is 0 Å². The van der Waals surface area contributed by atoms with Crippen LogP contribution in [0.25, 0.3) is 16.7 Å². The number of hydrogen-bond donors (Lipinski definition) is 0.